The highest BCUT2D eigenvalue weighted by molar-refractivity contribution is 6.32. The third kappa shape index (κ3) is 6.81. The van der Waals surface area contributed by atoms with Gasteiger partial charge in [-0.1, -0.05) is 31.5 Å². The smallest absolute Gasteiger partial charge is 0.138 e. The van der Waals surface area contributed by atoms with Crippen molar-refractivity contribution >= 4 is 11.6 Å². The van der Waals surface area contributed by atoms with E-state index in [1.54, 1.807) is 13.8 Å². The van der Waals surface area contributed by atoms with Crippen LogP contribution in [-0.4, -0.2) is 23.9 Å². The fourth-order valence-electron chi connectivity index (χ4n) is 1.53. The van der Waals surface area contributed by atoms with E-state index < -0.39 is 5.60 Å². The summed E-state index contributed by atoms with van der Waals surface area (Å²) in [5.41, 5.74) is 0.266. The van der Waals surface area contributed by atoms with E-state index in [2.05, 4.69) is 19.2 Å². The lowest BCUT2D eigenvalue weighted by Gasteiger charge is -2.18. The van der Waals surface area contributed by atoms with Crippen molar-refractivity contribution in [3.8, 4) is 5.75 Å². The summed E-state index contributed by atoms with van der Waals surface area (Å²) in [5.74, 6) is 1.24. The number of benzene rings is 1. The van der Waals surface area contributed by atoms with Crippen LogP contribution >= 0.6 is 11.6 Å². The van der Waals surface area contributed by atoms with Crippen molar-refractivity contribution in [1.29, 1.82) is 0 Å². The maximum atomic E-state index is 9.61. The van der Waals surface area contributed by atoms with Crippen molar-refractivity contribution in [3.63, 3.8) is 0 Å². The fourth-order valence-corrected chi connectivity index (χ4v) is 1.79. The maximum Gasteiger partial charge on any atom is 0.138 e. The molecule has 19 heavy (non-hydrogen) atoms. The van der Waals surface area contributed by atoms with Crippen molar-refractivity contribution in [2.75, 3.05) is 13.2 Å². The molecule has 0 aliphatic heterocycles. The Bertz CT molecular complexity index is 400. The lowest BCUT2D eigenvalue weighted by Crippen LogP contribution is -2.27. The minimum atomic E-state index is -0.860. The molecule has 0 aliphatic carbocycles. The second-order valence-electron chi connectivity index (χ2n) is 5.89. The Morgan fingerprint density at radius 2 is 2.05 bits per heavy atom. The Labute approximate surface area is 120 Å². The van der Waals surface area contributed by atoms with Crippen LogP contribution in [0.3, 0.4) is 0 Å². The van der Waals surface area contributed by atoms with Gasteiger partial charge in [0.2, 0.25) is 0 Å². The first-order chi connectivity index (χ1) is 8.78. The zero-order valence-corrected chi connectivity index (χ0v) is 12.9. The topological polar surface area (TPSA) is 41.5 Å². The highest BCUT2D eigenvalue weighted by Crippen LogP contribution is 2.26. The summed E-state index contributed by atoms with van der Waals surface area (Å²) in [6, 6.07) is 5.73. The number of ether oxygens (including phenoxy) is 1. The third-order valence-corrected chi connectivity index (χ3v) is 2.75. The SMILES string of the molecule is CC(C)CNCc1ccc(OCC(C)(C)O)c(Cl)c1. The number of hydrogen-bond acceptors (Lipinski definition) is 3. The molecule has 108 valence electrons. The second kappa shape index (κ2) is 7.13. The zero-order valence-electron chi connectivity index (χ0n) is 12.2. The van der Waals surface area contributed by atoms with Crippen LogP contribution in [0.15, 0.2) is 18.2 Å². The Balaban J connectivity index is 2.54. The summed E-state index contributed by atoms with van der Waals surface area (Å²) in [7, 11) is 0. The molecule has 0 saturated carbocycles. The van der Waals surface area contributed by atoms with Crippen molar-refractivity contribution in [2.45, 2.75) is 39.8 Å². The van der Waals surface area contributed by atoms with Gasteiger partial charge >= 0.3 is 0 Å². The Hall–Kier alpha value is -0.770. The van der Waals surface area contributed by atoms with E-state index in [4.69, 9.17) is 16.3 Å². The molecular formula is C15H24ClNO2. The molecule has 0 unspecified atom stereocenters. The van der Waals surface area contributed by atoms with E-state index in [1.807, 2.05) is 18.2 Å². The van der Waals surface area contributed by atoms with Crippen LogP contribution in [0.2, 0.25) is 5.02 Å². The monoisotopic (exact) mass is 285 g/mol. The molecule has 1 aromatic carbocycles. The Morgan fingerprint density at radius 1 is 1.37 bits per heavy atom. The van der Waals surface area contributed by atoms with Gasteiger partial charge < -0.3 is 15.2 Å². The van der Waals surface area contributed by atoms with Gasteiger partial charge in [-0.25, -0.2) is 0 Å². The van der Waals surface area contributed by atoms with Crippen LogP contribution in [-0.2, 0) is 6.54 Å². The molecule has 0 aromatic heterocycles. The molecule has 2 N–H and O–H groups in total. The summed E-state index contributed by atoms with van der Waals surface area (Å²) in [4.78, 5) is 0. The molecule has 1 aromatic rings. The van der Waals surface area contributed by atoms with Crippen LogP contribution in [0.5, 0.6) is 5.75 Å². The number of halogens is 1. The van der Waals surface area contributed by atoms with Crippen LogP contribution in [0, 0.1) is 5.92 Å². The molecule has 0 radical (unpaired) electrons. The van der Waals surface area contributed by atoms with Crippen molar-refractivity contribution in [2.24, 2.45) is 5.92 Å². The van der Waals surface area contributed by atoms with Gasteiger partial charge in [0.25, 0.3) is 0 Å². The third-order valence-electron chi connectivity index (χ3n) is 2.46. The minimum Gasteiger partial charge on any atom is -0.489 e. The van der Waals surface area contributed by atoms with Gasteiger partial charge in [-0.15, -0.1) is 0 Å². The minimum absolute atomic E-state index is 0.220. The average molecular weight is 286 g/mol. The lowest BCUT2D eigenvalue weighted by molar-refractivity contribution is 0.0285. The molecule has 0 amide bonds. The van der Waals surface area contributed by atoms with Crippen molar-refractivity contribution in [1.82, 2.24) is 5.32 Å². The number of rotatable bonds is 7. The van der Waals surface area contributed by atoms with Gasteiger partial charge in [0.1, 0.15) is 12.4 Å². The number of aliphatic hydroxyl groups is 1. The summed E-state index contributed by atoms with van der Waals surface area (Å²) in [6.07, 6.45) is 0. The van der Waals surface area contributed by atoms with Gasteiger partial charge in [0.15, 0.2) is 0 Å². The molecular weight excluding hydrogens is 262 g/mol. The van der Waals surface area contributed by atoms with E-state index in [9.17, 15) is 5.11 Å². The molecule has 0 fully saturated rings. The number of hydrogen-bond donors (Lipinski definition) is 2. The molecule has 4 heteroatoms. The first-order valence-corrected chi connectivity index (χ1v) is 7.00. The summed E-state index contributed by atoms with van der Waals surface area (Å²) < 4.78 is 5.50. The summed E-state index contributed by atoms with van der Waals surface area (Å²) >= 11 is 6.17. The Kier molecular flexibility index (Phi) is 6.11. The quantitative estimate of drug-likeness (QED) is 0.808. The highest BCUT2D eigenvalue weighted by atomic mass is 35.5. The standard InChI is InChI=1S/C15H24ClNO2/c1-11(2)8-17-9-12-5-6-14(13(16)7-12)19-10-15(3,4)18/h5-7,11,17-18H,8-10H2,1-4H3. The van der Waals surface area contributed by atoms with Crippen LogP contribution in [0.25, 0.3) is 0 Å². The molecule has 0 spiro atoms. The summed E-state index contributed by atoms with van der Waals surface area (Å²) in [6.45, 7) is 9.74. The molecule has 1 rings (SSSR count). The van der Waals surface area contributed by atoms with E-state index in [0.717, 1.165) is 18.7 Å². The predicted molar refractivity (Wildman–Crippen MR) is 79.8 cm³/mol. The van der Waals surface area contributed by atoms with E-state index in [1.165, 1.54) is 0 Å². The van der Waals surface area contributed by atoms with Gasteiger partial charge in [-0.05, 0) is 44.0 Å². The van der Waals surface area contributed by atoms with Crippen LogP contribution in [0.1, 0.15) is 33.3 Å². The van der Waals surface area contributed by atoms with Crippen LogP contribution in [0.4, 0.5) is 0 Å². The van der Waals surface area contributed by atoms with E-state index in [-0.39, 0.29) is 6.61 Å². The van der Waals surface area contributed by atoms with Crippen molar-refractivity contribution in [3.05, 3.63) is 28.8 Å². The van der Waals surface area contributed by atoms with Gasteiger partial charge in [-0.2, -0.15) is 0 Å². The normalized spacial score (nSPS) is 11.9. The number of nitrogens with one attached hydrogen (secondary N) is 1. The fraction of sp³-hybridized carbons (Fsp3) is 0.600. The predicted octanol–water partition coefficient (Wildman–Crippen LogP) is 3.24. The zero-order chi connectivity index (χ0) is 14.5. The molecule has 0 aliphatic rings. The van der Waals surface area contributed by atoms with E-state index >= 15 is 0 Å². The average Bonchev–Trinajstić information content (AvgIpc) is 2.26. The van der Waals surface area contributed by atoms with E-state index in [0.29, 0.717) is 16.7 Å². The first-order valence-electron chi connectivity index (χ1n) is 6.62. The maximum absolute atomic E-state index is 9.61. The molecule has 0 bridgehead atoms. The summed E-state index contributed by atoms with van der Waals surface area (Å²) in [5, 5.41) is 13.6. The van der Waals surface area contributed by atoms with Gasteiger partial charge in [0, 0.05) is 6.54 Å². The van der Waals surface area contributed by atoms with Gasteiger partial charge in [-0.3, -0.25) is 0 Å². The molecule has 0 atom stereocenters. The molecule has 0 saturated heterocycles. The van der Waals surface area contributed by atoms with Crippen LogP contribution < -0.4 is 10.1 Å². The van der Waals surface area contributed by atoms with Gasteiger partial charge in [0.05, 0.1) is 10.6 Å². The second-order valence-corrected chi connectivity index (χ2v) is 6.30. The molecule has 0 heterocycles. The molecule has 3 nitrogen and oxygen atoms in total. The Morgan fingerprint density at radius 3 is 2.58 bits per heavy atom. The largest absolute Gasteiger partial charge is 0.489 e. The highest BCUT2D eigenvalue weighted by Gasteiger charge is 2.14. The first kappa shape index (κ1) is 16.3. The van der Waals surface area contributed by atoms with Crippen molar-refractivity contribution < 1.29 is 9.84 Å². The lowest BCUT2D eigenvalue weighted by atomic mass is 10.1.